The third-order valence-corrected chi connectivity index (χ3v) is 5.82. The first-order valence-corrected chi connectivity index (χ1v) is 10.5. The highest BCUT2D eigenvalue weighted by molar-refractivity contribution is 5.92. The number of nitrogens with one attached hydrogen (secondary N) is 1. The fourth-order valence-electron chi connectivity index (χ4n) is 3.90. The highest BCUT2D eigenvalue weighted by Crippen LogP contribution is 2.25. The summed E-state index contributed by atoms with van der Waals surface area (Å²) in [7, 11) is 1.36. The van der Waals surface area contributed by atoms with Gasteiger partial charge in [-0.25, -0.2) is 4.79 Å². The van der Waals surface area contributed by atoms with Gasteiger partial charge in [0.05, 0.1) is 28.8 Å². The summed E-state index contributed by atoms with van der Waals surface area (Å²) >= 11 is 0. The molecule has 9 heteroatoms. The Morgan fingerprint density at radius 3 is 2.53 bits per heavy atom. The van der Waals surface area contributed by atoms with Crippen LogP contribution in [0.3, 0.4) is 0 Å². The molecule has 1 N–H and O–H groups in total. The standard InChI is InChI=1S/C23H28N4O5/c1-16-15-26(19-9-7-18(8-10-19)23(29)32-3)14-13-25(16)12-11-22(28)24-20-5-4-6-21(17(20)2)27(30)31/h4-10,16H,11-15H2,1-3H3,(H,24,28). The summed E-state index contributed by atoms with van der Waals surface area (Å²) in [5.41, 5.74) is 2.48. The fraction of sp³-hybridized carbons (Fsp3) is 0.391. The van der Waals surface area contributed by atoms with Crippen LogP contribution in [0.4, 0.5) is 17.1 Å². The van der Waals surface area contributed by atoms with Crippen molar-refractivity contribution in [3.63, 3.8) is 0 Å². The first-order valence-electron chi connectivity index (χ1n) is 10.5. The Kier molecular flexibility index (Phi) is 7.42. The van der Waals surface area contributed by atoms with Crippen LogP contribution in [-0.4, -0.2) is 61.0 Å². The number of rotatable bonds is 7. The van der Waals surface area contributed by atoms with Crippen molar-refractivity contribution in [1.29, 1.82) is 0 Å². The zero-order chi connectivity index (χ0) is 23.3. The molecule has 1 aliphatic heterocycles. The Morgan fingerprint density at radius 2 is 1.91 bits per heavy atom. The fourth-order valence-corrected chi connectivity index (χ4v) is 3.90. The number of esters is 1. The van der Waals surface area contributed by atoms with E-state index in [1.165, 1.54) is 13.2 Å². The number of piperazine rings is 1. The Balaban J connectivity index is 1.51. The van der Waals surface area contributed by atoms with Gasteiger partial charge in [0.2, 0.25) is 5.91 Å². The maximum absolute atomic E-state index is 12.4. The van der Waals surface area contributed by atoms with E-state index in [-0.39, 0.29) is 23.6 Å². The van der Waals surface area contributed by atoms with Crippen LogP contribution < -0.4 is 10.2 Å². The van der Waals surface area contributed by atoms with Crippen LogP contribution in [0.2, 0.25) is 0 Å². The van der Waals surface area contributed by atoms with E-state index >= 15 is 0 Å². The van der Waals surface area contributed by atoms with Crippen molar-refractivity contribution >= 4 is 28.9 Å². The molecule has 32 heavy (non-hydrogen) atoms. The minimum absolute atomic E-state index is 0.00726. The summed E-state index contributed by atoms with van der Waals surface area (Å²) in [6.07, 6.45) is 0.306. The Morgan fingerprint density at radius 1 is 1.19 bits per heavy atom. The monoisotopic (exact) mass is 440 g/mol. The molecule has 0 radical (unpaired) electrons. The summed E-state index contributed by atoms with van der Waals surface area (Å²) < 4.78 is 4.74. The molecule has 0 spiro atoms. The SMILES string of the molecule is COC(=O)c1ccc(N2CCN(CCC(=O)Nc3cccc([N+](=O)[O-])c3C)C(C)C2)cc1. The molecule has 1 atom stereocenters. The molecule has 1 aliphatic rings. The van der Waals surface area contributed by atoms with Crippen LogP contribution in [0, 0.1) is 17.0 Å². The van der Waals surface area contributed by atoms with Gasteiger partial charge in [0.15, 0.2) is 0 Å². The third kappa shape index (κ3) is 5.42. The first-order chi connectivity index (χ1) is 15.3. The van der Waals surface area contributed by atoms with Gasteiger partial charge in [0.1, 0.15) is 0 Å². The van der Waals surface area contributed by atoms with Crippen molar-refractivity contribution in [3.8, 4) is 0 Å². The zero-order valence-corrected chi connectivity index (χ0v) is 18.5. The van der Waals surface area contributed by atoms with Gasteiger partial charge in [0.25, 0.3) is 5.69 Å². The number of carbonyl (C=O) groups is 2. The third-order valence-electron chi connectivity index (χ3n) is 5.82. The van der Waals surface area contributed by atoms with E-state index < -0.39 is 4.92 Å². The normalized spacial score (nSPS) is 16.5. The average molecular weight is 441 g/mol. The van der Waals surface area contributed by atoms with Crippen LogP contribution in [0.1, 0.15) is 29.3 Å². The van der Waals surface area contributed by atoms with Crippen LogP contribution in [0.25, 0.3) is 0 Å². The number of nitrogens with zero attached hydrogens (tertiary/aromatic N) is 3. The summed E-state index contributed by atoms with van der Waals surface area (Å²) in [5, 5.41) is 13.9. The molecule has 0 bridgehead atoms. The molecule has 1 heterocycles. The molecule has 1 amide bonds. The number of hydrogen-bond acceptors (Lipinski definition) is 7. The first kappa shape index (κ1) is 23.2. The van der Waals surface area contributed by atoms with Crippen LogP contribution in [-0.2, 0) is 9.53 Å². The Hall–Kier alpha value is -3.46. The van der Waals surface area contributed by atoms with E-state index in [1.54, 1.807) is 31.2 Å². The maximum Gasteiger partial charge on any atom is 0.337 e. The topological polar surface area (TPSA) is 105 Å². The molecular formula is C23H28N4O5. The number of methoxy groups -OCH3 is 1. The van der Waals surface area contributed by atoms with E-state index in [0.29, 0.717) is 29.8 Å². The molecule has 0 aliphatic carbocycles. The molecule has 3 rings (SSSR count). The van der Waals surface area contributed by atoms with Gasteiger partial charge in [-0.1, -0.05) is 6.07 Å². The molecule has 2 aromatic carbocycles. The van der Waals surface area contributed by atoms with E-state index in [1.807, 2.05) is 12.1 Å². The van der Waals surface area contributed by atoms with Crippen molar-refractivity contribution < 1.29 is 19.2 Å². The molecule has 170 valence electrons. The highest BCUT2D eigenvalue weighted by Gasteiger charge is 2.24. The molecule has 9 nitrogen and oxygen atoms in total. The average Bonchev–Trinajstić information content (AvgIpc) is 2.79. The number of carbonyl (C=O) groups excluding carboxylic acids is 2. The van der Waals surface area contributed by atoms with E-state index in [0.717, 1.165) is 25.3 Å². The van der Waals surface area contributed by atoms with Crippen molar-refractivity contribution in [2.75, 3.05) is 43.5 Å². The molecule has 0 saturated carbocycles. The molecular weight excluding hydrogens is 412 g/mol. The molecule has 2 aromatic rings. The lowest BCUT2D eigenvalue weighted by molar-refractivity contribution is -0.385. The number of amides is 1. The lowest BCUT2D eigenvalue weighted by atomic mass is 10.1. The summed E-state index contributed by atoms with van der Waals surface area (Å²) in [4.78, 5) is 39.2. The van der Waals surface area contributed by atoms with Crippen LogP contribution in [0.15, 0.2) is 42.5 Å². The number of nitro benzene ring substituents is 1. The van der Waals surface area contributed by atoms with E-state index in [2.05, 4.69) is 22.0 Å². The molecule has 1 saturated heterocycles. The quantitative estimate of drug-likeness (QED) is 0.400. The predicted molar refractivity (Wildman–Crippen MR) is 122 cm³/mol. The van der Waals surface area contributed by atoms with E-state index in [4.69, 9.17) is 4.74 Å². The second-order valence-electron chi connectivity index (χ2n) is 7.87. The van der Waals surface area contributed by atoms with Gasteiger partial charge in [-0.3, -0.25) is 19.8 Å². The van der Waals surface area contributed by atoms with Gasteiger partial charge in [-0.05, 0) is 44.2 Å². The molecule has 1 unspecified atom stereocenters. The van der Waals surface area contributed by atoms with Crippen molar-refractivity contribution in [3.05, 3.63) is 63.7 Å². The number of anilines is 2. The summed E-state index contributed by atoms with van der Waals surface area (Å²) in [6.45, 7) is 6.79. The second-order valence-corrected chi connectivity index (χ2v) is 7.87. The Bertz CT molecular complexity index is 992. The lowest BCUT2D eigenvalue weighted by Crippen LogP contribution is -2.52. The lowest BCUT2D eigenvalue weighted by Gasteiger charge is -2.41. The van der Waals surface area contributed by atoms with Gasteiger partial charge in [-0.2, -0.15) is 0 Å². The second kappa shape index (κ2) is 10.2. The number of nitro groups is 1. The predicted octanol–water partition coefficient (Wildman–Crippen LogP) is 3.23. The summed E-state index contributed by atoms with van der Waals surface area (Å²) in [5.74, 6) is -0.519. The number of hydrogen-bond donors (Lipinski definition) is 1. The minimum atomic E-state index is -0.449. The zero-order valence-electron chi connectivity index (χ0n) is 18.5. The van der Waals surface area contributed by atoms with Crippen molar-refractivity contribution in [2.45, 2.75) is 26.3 Å². The molecule has 1 fully saturated rings. The van der Waals surface area contributed by atoms with E-state index in [9.17, 15) is 19.7 Å². The van der Waals surface area contributed by atoms with Gasteiger partial charge in [-0.15, -0.1) is 0 Å². The largest absolute Gasteiger partial charge is 0.465 e. The number of benzene rings is 2. The van der Waals surface area contributed by atoms with Gasteiger partial charge in [0, 0.05) is 50.4 Å². The van der Waals surface area contributed by atoms with Gasteiger partial charge >= 0.3 is 5.97 Å². The minimum Gasteiger partial charge on any atom is -0.465 e. The smallest absolute Gasteiger partial charge is 0.337 e. The summed E-state index contributed by atoms with van der Waals surface area (Å²) in [6, 6.07) is 12.3. The molecule has 0 aromatic heterocycles. The van der Waals surface area contributed by atoms with Gasteiger partial charge < -0.3 is 15.0 Å². The Labute approximate surface area is 187 Å². The van der Waals surface area contributed by atoms with Crippen LogP contribution >= 0.6 is 0 Å². The number of ether oxygens (including phenoxy) is 1. The van der Waals surface area contributed by atoms with Crippen molar-refractivity contribution in [2.24, 2.45) is 0 Å². The van der Waals surface area contributed by atoms with Crippen LogP contribution in [0.5, 0.6) is 0 Å². The maximum atomic E-state index is 12.4. The van der Waals surface area contributed by atoms with Crippen molar-refractivity contribution in [1.82, 2.24) is 4.90 Å². The highest BCUT2D eigenvalue weighted by atomic mass is 16.6.